The number of nitrogens with one attached hydrogen (secondary N) is 2. The molecular formula is C11H13N5O. The van der Waals surface area contributed by atoms with Gasteiger partial charge in [0.05, 0.1) is 17.1 Å². The molecule has 88 valence electrons. The highest BCUT2D eigenvalue weighted by Gasteiger charge is 2.13. The number of aromatic amines is 1. The molecular weight excluding hydrogens is 218 g/mol. The average molecular weight is 231 g/mol. The summed E-state index contributed by atoms with van der Waals surface area (Å²) < 4.78 is 0. The largest absolute Gasteiger partial charge is 0.340 e. The molecule has 1 saturated heterocycles. The van der Waals surface area contributed by atoms with Crippen molar-refractivity contribution in [1.82, 2.24) is 20.3 Å². The van der Waals surface area contributed by atoms with Crippen LogP contribution in [0, 0.1) is 0 Å². The van der Waals surface area contributed by atoms with Gasteiger partial charge in [-0.15, -0.1) is 0 Å². The van der Waals surface area contributed by atoms with Crippen LogP contribution in [-0.4, -0.2) is 41.1 Å². The SMILES string of the molecule is O=c1[nH]c(N2CCNCC2)nc2cnccc12. The van der Waals surface area contributed by atoms with E-state index in [1.165, 1.54) is 0 Å². The third kappa shape index (κ3) is 1.87. The van der Waals surface area contributed by atoms with E-state index in [4.69, 9.17) is 0 Å². The van der Waals surface area contributed by atoms with Crippen LogP contribution >= 0.6 is 0 Å². The molecule has 3 heterocycles. The highest BCUT2D eigenvalue weighted by atomic mass is 16.1. The standard InChI is InChI=1S/C11H13N5O/c17-10-8-1-2-13-7-9(8)14-11(15-10)16-5-3-12-4-6-16/h1-2,7,12H,3-6H2,(H,14,15,17). The van der Waals surface area contributed by atoms with Gasteiger partial charge in [-0.25, -0.2) is 4.98 Å². The molecule has 0 bridgehead atoms. The van der Waals surface area contributed by atoms with Gasteiger partial charge in [0.25, 0.3) is 5.56 Å². The molecule has 0 radical (unpaired) electrons. The van der Waals surface area contributed by atoms with E-state index in [9.17, 15) is 4.79 Å². The maximum Gasteiger partial charge on any atom is 0.260 e. The lowest BCUT2D eigenvalue weighted by atomic mass is 10.3. The zero-order chi connectivity index (χ0) is 11.7. The van der Waals surface area contributed by atoms with Crippen molar-refractivity contribution in [3.05, 3.63) is 28.8 Å². The van der Waals surface area contributed by atoms with Gasteiger partial charge in [0.1, 0.15) is 0 Å². The van der Waals surface area contributed by atoms with Crippen LogP contribution in [0.1, 0.15) is 0 Å². The zero-order valence-electron chi connectivity index (χ0n) is 9.31. The van der Waals surface area contributed by atoms with Crippen molar-refractivity contribution in [2.45, 2.75) is 0 Å². The van der Waals surface area contributed by atoms with Gasteiger partial charge in [0.2, 0.25) is 5.95 Å². The van der Waals surface area contributed by atoms with Crippen LogP contribution in [-0.2, 0) is 0 Å². The summed E-state index contributed by atoms with van der Waals surface area (Å²) in [7, 11) is 0. The first kappa shape index (κ1) is 10.2. The second-order valence-corrected chi connectivity index (χ2v) is 4.02. The van der Waals surface area contributed by atoms with Gasteiger partial charge in [-0.1, -0.05) is 0 Å². The number of hydrogen-bond acceptors (Lipinski definition) is 5. The van der Waals surface area contributed by atoms with Crippen LogP contribution in [0.15, 0.2) is 23.3 Å². The fraction of sp³-hybridized carbons (Fsp3) is 0.364. The predicted octanol–water partition coefficient (Wildman–Crippen LogP) is -0.272. The monoisotopic (exact) mass is 231 g/mol. The van der Waals surface area contributed by atoms with E-state index >= 15 is 0 Å². The van der Waals surface area contributed by atoms with E-state index in [-0.39, 0.29) is 5.56 Å². The molecule has 0 aromatic carbocycles. The Bertz CT molecular complexity index is 588. The number of nitrogens with zero attached hydrogens (tertiary/aromatic N) is 3. The summed E-state index contributed by atoms with van der Waals surface area (Å²) in [5.74, 6) is 0.636. The smallest absolute Gasteiger partial charge is 0.260 e. The molecule has 2 aromatic rings. The molecule has 0 spiro atoms. The van der Waals surface area contributed by atoms with Crippen LogP contribution in [0.3, 0.4) is 0 Å². The van der Waals surface area contributed by atoms with Crippen molar-refractivity contribution in [1.29, 1.82) is 0 Å². The minimum atomic E-state index is -0.106. The number of rotatable bonds is 1. The molecule has 17 heavy (non-hydrogen) atoms. The lowest BCUT2D eigenvalue weighted by molar-refractivity contribution is 0.580. The Balaban J connectivity index is 2.08. The maximum absolute atomic E-state index is 11.9. The van der Waals surface area contributed by atoms with E-state index in [0.717, 1.165) is 26.2 Å². The summed E-state index contributed by atoms with van der Waals surface area (Å²) in [5.41, 5.74) is 0.538. The number of fused-ring (bicyclic) bond motifs is 1. The number of aromatic nitrogens is 3. The van der Waals surface area contributed by atoms with Crippen molar-refractivity contribution in [2.75, 3.05) is 31.1 Å². The Labute approximate surface area is 97.7 Å². The van der Waals surface area contributed by atoms with Crippen LogP contribution in [0.4, 0.5) is 5.95 Å². The molecule has 0 aliphatic carbocycles. The molecule has 2 aromatic heterocycles. The second-order valence-electron chi connectivity index (χ2n) is 4.02. The maximum atomic E-state index is 11.9. The zero-order valence-corrected chi connectivity index (χ0v) is 9.31. The fourth-order valence-electron chi connectivity index (χ4n) is 2.00. The molecule has 1 fully saturated rings. The molecule has 6 heteroatoms. The van der Waals surface area contributed by atoms with Crippen molar-refractivity contribution in [3.8, 4) is 0 Å². The predicted molar refractivity (Wildman–Crippen MR) is 65.2 cm³/mol. The quantitative estimate of drug-likeness (QED) is 0.706. The van der Waals surface area contributed by atoms with Crippen molar-refractivity contribution in [3.63, 3.8) is 0 Å². The lowest BCUT2D eigenvalue weighted by Crippen LogP contribution is -2.44. The van der Waals surface area contributed by atoms with E-state index in [0.29, 0.717) is 16.9 Å². The minimum Gasteiger partial charge on any atom is -0.340 e. The number of anilines is 1. The molecule has 0 unspecified atom stereocenters. The van der Waals surface area contributed by atoms with Gasteiger partial charge in [-0.2, -0.15) is 0 Å². The van der Waals surface area contributed by atoms with Gasteiger partial charge in [-0.3, -0.25) is 14.8 Å². The number of piperazine rings is 1. The second kappa shape index (κ2) is 4.14. The van der Waals surface area contributed by atoms with Gasteiger partial charge >= 0.3 is 0 Å². The van der Waals surface area contributed by atoms with Gasteiger partial charge in [-0.05, 0) is 6.07 Å². The number of pyridine rings is 1. The van der Waals surface area contributed by atoms with Gasteiger partial charge in [0, 0.05) is 32.4 Å². The Morgan fingerprint density at radius 3 is 2.94 bits per heavy atom. The third-order valence-corrected chi connectivity index (χ3v) is 2.91. The summed E-state index contributed by atoms with van der Waals surface area (Å²) in [6, 6.07) is 1.68. The number of H-pyrrole nitrogens is 1. The lowest BCUT2D eigenvalue weighted by Gasteiger charge is -2.27. The highest BCUT2D eigenvalue weighted by molar-refractivity contribution is 5.77. The van der Waals surface area contributed by atoms with E-state index in [2.05, 4.69) is 25.2 Å². The van der Waals surface area contributed by atoms with Crippen LogP contribution < -0.4 is 15.8 Å². The van der Waals surface area contributed by atoms with E-state index < -0.39 is 0 Å². The molecule has 0 atom stereocenters. The van der Waals surface area contributed by atoms with Gasteiger partial charge in [0.15, 0.2) is 0 Å². The normalized spacial score (nSPS) is 16.4. The molecule has 6 nitrogen and oxygen atoms in total. The van der Waals surface area contributed by atoms with Gasteiger partial charge < -0.3 is 10.2 Å². The van der Waals surface area contributed by atoms with Crippen LogP contribution in [0.5, 0.6) is 0 Å². The first-order valence-electron chi connectivity index (χ1n) is 5.64. The molecule has 1 aliphatic heterocycles. The topological polar surface area (TPSA) is 73.9 Å². The molecule has 2 N–H and O–H groups in total. The van der Waals surface area contributed by atoms with Crippen molar-refractivity contribution in [2.24, 2.45) is 0 Å². The Morgan fingerprint density at radius 2 is 2.12 bits per heavy atom. The summed E-state index contributed by atoms with van der Waals surface area (Å²) in [6.07, 6.45) is 3.22. The summed E-state index contributed by atoms with van der Waals surface area (Å²) in [6.45, 7) is 3.53. The summed E-state index contributed by atoms with van der Waals surface area (Å²) in [4.78, 5) is 25.2. The fourth-order valence-corrected chi connectivity index (χ4v) is 2.00. The van der Waals surface area contributed by atoms with Crippen LogP contribution in [0.2, 0.25) is 0 Å². The molecule has 3 rings (SSSR count). The van der Waals surface area contributed by atoms with Crippen LogP contribution in [0.25, 0.3) is 10.9 Å². The summed E-state index contributed by atoms with van der Waals surface area (Å²) >= 11 is 0. The Kier molecular flexibility index (Phi) is 2.49. The van der Waals surface area contributed by atoms with Crippen molar-refractivity contribution < 1.29 is 0 Å². The first-order valence-corrected chi connectivity index (χ1v) is 5.64. The Morgan fingerprint density at radius 1 is 1.29 bits per heavy atom. The van der Waals surface area contributed by atoms with E-state index in [1.807, 2.05) is 0 Å². The number of hydrogen-bond donors (Lipinski definition) is 2. The minimum absolute atomic E-state index is 0.106. The molecule has 0 amide bonds. The highest BCUT2D eigenvalue weighted by Crippen LogP contribution is 2.10. The first-order chi connectivity index (χ1) is 8.34. The van der Waals surface area contributed by atoms with E-state index in [1.54, 1.807) is 18.5 Å². The summed E-state index contributed by atoms with van der Waals surface area (Å²) in [5, 5.41) is 3.84. The molecule has 1 aliphatic rings. The van der Waals surface area contributed by atoms with Crippen molar-refractivity contribution >= 4 is 16.9 Å². The average Bonchev–Trinajstić information content (AvgIpc) is 2.40. The Hall–Kier alpha value is -1.95. The third-order valence-electron chi connectivity index (χ3n) is 2.91. The molecule has 0 saturated carbocycles.